The predicted octanol–water partition coefficient (Wildman–Crippen LogP) is 2.91. The van der Waals surface area contributed by atoms with E-state index in [-0.39, 0.29) is 30.2 Å². The SMILES string of the molecule is Cl.Cn1cc([C@H]2CNC[C@@H]2C(=O)Nc2ncc(-c3ccccc3)s2)cn1. The molecule has 6 nitrogen and oxygen atoms in total. The van der Waals surface area contributed by atoms with Crippen molar-refractivity contribution in [3.63, 3.8) is 0 Å². The molecule has 0 spiro atoms. The molecule has 2 N–H and O–H groups in total. The van der Waals surface area contributed by atoms with Gasteiger partial charge >= 0.3 is 0 Å². The molecule has 3 aromatic rings. The van der Waals surface area contributed by atoms with Crippen molar-refractivity contribution >= 4 is 34.8 Å². The van der Waals surface area contributed by atoms with Crippen molar-refractivity contribution in [2.24, 2.45) is 13.0 Å². The fourth-order valence-electron chi connectivity index (χ4n) is 3.20. The Morgan fingerprint density at radius 3 is 2.81 bits per heavy atom. The molecular formula is C18H20ClN5OS. The van der Waals surface area contributed by atoms with Crippen LogP contribution < -0.4 is 10.6 Å². The van der Waals surface area contributed by atoms with Crippen molar-refractivity contribution in [3.05, 3.63) is 54.5 Å². The molecule has 1 amide bonds. The summed E-state index contributed by atoms with van der Waals surface area (Å²) in [4.78, 5) is 18.1. The van der Waals surface area contributed by atoms with Crippen molar-refractivity contribution in [2.75, 3.05) is 18.4 Å². The number of amides is 1. The lowest BCUT2D eigenvalue weighted by molar-refractivity contribution is -0.119. The number of hydrogen-bond acceptors (Lipinski definition) is 5. The van der Waals surface area contributed by atoms with Gasteiger partial charge in [0.2, 0.25) is 5.91 Å². The molecule has 1 fully saturated rings. The third kappa shape index (κ3) is 3.80. The average molecular weight is 390 g/mol. The van der Waals surface area contributed by atoms with E-state index in [1.807, 2.05) is 49.8 Å². The van der Waals surface area contributed by atoms with Crippen LogP contribution in [0.15, 0.2) is 48.9 Å². The summed E-state index contributed by atoms with van der Waals surface area (Å²) in [7, 11) is 1.89. The number of benzene rings is 1. The number of aromatic nitrogens is 3. The van der Waals surface area contributed by atoms with Gasteiger partial charge in [-0.05, 0) is 11.1 Å². The van der Waals surface area contributed by atoms with Crippen LogP contribution in [-0.2, 0) is 11.8 Å². The van der Waals surface area contributed by atoms with Crippen LogP contribution in [0.5, 0.6) is 0 Å². The number of carbonyl (C=O) groups is 1. The maximum absolute atomic E-state index is 12.7. The standard InChI is InChI=1S/C18H19N5OS.ClH/c1-23-11-13(7-21-23)14-8-19-9-15(14)17(24)22-18-20-10-16(25-18)12-5-3-2-4-6-12;/h2-7,10-11,14-15,19H,8-9H2,1H3,(H,20,22,24);1H/t14-,15+;/m1./s1. The summed E-state index contributed by atoms with van der Waals surface area (Å²) in [5, 5.41) is 11.2. The average Bonchev–Trinajstić information content (AvgIpc) is 3.35. The van der Waals surface area contributed by atoms with Crippen LogP contribution >= 0.6 is 23.7 Å². The Bertz CT molecular complexity index is 879. The Hall–Kier alpha value is -2.22. The zero-order valence-electron chi connectivity index (χ0n) is 14.3. The first-order valence-electron chi connectivity index (χ1n) is 8.22. The van der Waals surface area contributed by atoms with Crippen molar-refractivity contribution in [2.45, 2.75) is 5.92 Å². The van der Waals surface area contributed by atoms with Gasteiger partial charge in [0.1, 0.15) is 0 Å². The second-order valence-corrected chi connectivity index (χ2v) is 7.23. The zero-order chi connectivity index (χ0) is 17.2. The monoisotopic (exact) mass is 389 g/mol. The van der Waals surface area contributed by atoms with Crippen LogP contribution in [0.1, 0.15) is 11.5 Å². The first-order chi connectivity index (χ1) is 12.2. The lowest BCUT2D eigenvalue weighted by Gasteiger charge is -2.15. The first-order valence-corrected chi connectivity index (χ1v) is 9.04. The highest BCUT2D eigenvalue weighted by molar-refractivity contribution is 7.19. The Morgan fingerprint density at radius 2 is 2.08 bits per heavy atom. The van der Waals surface area contributed by atoms with E-state index in [0.717, 1.165) is 22.5 Å². The van der Waals surface area contributed by atoms with Crippen LogP contribution in [0.3, 0.4) is 0 Å². The minimum Gasteiger partial charge on any atom is -0.315 e. The van der Waals surface area contributed by atoms with Gasteiger partial charge in [-0.2, -0.15) is 5.10 Å². The smallest absolute Gasteiger partial charge is 0.231 e. The van der Waals surface area contributed by atoms with E-state index in [4.69, 9.17) is 0 Å². The molecular weight excluding hydrogens is 370 g/mol. The number of nitrogens with one attached hydrogen (secondary N) is 2. The first kappa shape index (κ1) is 18.6. The van der Waals surface area contributed by atoms with Crippen molar-refractivity contribution < 1.29 is 4.79 Å². The zero-order valence-corrected chi connectivity index (χ0v) is 15.9. The lowest BCUT2D eigenvalue weighted by Crippen LogP contribution is -2.27. The maximum Gasteiger partial charge on any atom is 0.231 e. The van der Waals surface area contributed by atoms with Gasteiger partial charge in [0.25, 0.3) is 0 Å². The van der Waals surface area contributed by atoms with Gasteiger partial charge in [-0.1, -0.05) is 41.7 Å². The fraction of sp³-hybridized carbons (Fsp3) is 0.278. The molecule has 1 aromatic carbocycles. The van der Waals surface area contributed by atoms with Crippen LogP contribution in [0.2, 0.25) is 0 Å². The number of aryl methyl sites for hydroxylation is 1. The van der Waals surface area contributed by atoms with Gasteiger partial charge in [0, 0.05) is 38.4 Å². The number of thiazole rings is 1. The summed E-state index contributed by atoms with van der Waals surface area (Å²) in [6.07, 6.45) is 5.63. The number of nitrogens with zero attached hydrogens (tertiary/aromatic N) is 3. The minimum absolute atomic E-state index is 0. The molecule has 4 rings (SSSR count). The second kappa shape index (κ2) is 7.99. The van der Waals surface area contributed by atoms with Crippen molar-refractivity contribution in [1.82, 2.24) is 20.1 Å². The van der Waals surface area contributed by atoms with E-state index in [1.165, 1.54) is 11.3 Å². The molecule has 136 valence electrons. The molecule has 1 aliphatic heterocycles. The number of hydrogen-bond donors (Lipinski definition) is 2. The number of carbonyl (C=O) groups excluding carboxylic acids is 1. The second-order valence-electron chi connectivity index (χ2n) is 6.20. The minimum atomic E-state index is -0.117. The molecule has 0 bridgehead atoms. The number of anilines is 1. The number of rotatable bonds is 4. The van der Waals surface area contributed by atoms with Crippen molar-refractivity contribution in [1.29, 1.82) is 0 Å². The van der Waals surface area contributed by atoms with E-state index in [1.54, 1.807) is 10.9 Å². The van der Waals surface area contributed by atoms with Gasteiger partial charge in [-0.15, -0.1) is 12.4 Å². The van der Waals surface area contributed by atoms with E-state index >= 15 is 0 Å². The van der Waals surface area contributed by atoms with Crippen LogP contribution in [0.25, 0.3) is 10.4 Å². The van der Waals surface area contributed by atoms with Gasteiger partial charge in [0.05, 0.1) is 17.0 Å². The quantitative estimate of drug-likeness (QED) is 0.719. The van der Waals surface area contributed by atoms with E-state index in [0.29, 0.717) is 11.7 Å². The molecule has 1 aliphatic rings. The highest BCUT2D eigenvalue weighted by Crippen LogP contribution is 2.31. The molecule has 1 saturated heterocycles. The van der Waals surface area contributed by atoms with E-state index in [2.05, 4.69) is 20.7 Å². The Balaban J connectivity index is 0.00000196. The summed E-state index contributed by atoms with van der Waals surface area (Å²) in [6.45, 7) is 1.46. The molecule has 0 radical (unpaired) electrons. The third-order valence-electron chi connectivity index (χ3n) is 4.50. The summed E-state index contributed by atoms with van der Waals surface area (Å²) in [5.41, 5.74) is 2.20. The molecule has 3 heterocycles. The molecule has 0 unspecified atom stereocenters. The molecule has 8 heteroatoms. The molecule has 26 heavy (non-hydrogen) atoms. The normalized spacial score (nSPS) is 19.1. The Kier molecular flexibility index (Phi) is 5.70. The fourth-order valence-corrected chi connectivity index (χ4v) is 4.03. The third-order valence-corrected chi connectivity index (χ3v) is 5.46. The summed E-state index contributed by atoms with van der Waals surface area (Å²) in [5.74, 6) is 0.0309. The molecule has 2 aromatic heterocycles. The molecule has 2 atom stereocenters. The van der Waals surface area contributed by atoms with Crippen LogP contribution in [-0.4, -0.2) is 33.8 Å². The molecule has 0 aliphatic carbocycles. The van der Waals surface area contributed by atoms with Gasteiger partial charge < -0.3 is 10.6 Å². The summed E-state index contributed by atoms with van der Waals surface area (Å²) < 4.78 is 1.77. The van der Waals surface area contributed by atoms with Crippen molar-refractivity contribution in [3.8, 4) is 10.4 Å². The topological polar surface area (TPSA) is 71.8 Å². The lowest BCUT2D eigenvalue weighted by atomic mass is 9.90. The van der Waals surface area contributed by atoms with Gasteiger partial charge in [-0.25, -0.2) is 4.98 Å². The van der Waals surface area contributed by atoms with E-state index in [9.17, 15) is 4.79 Å². The Morgan fingerprint density at radius 1 is 1.27 bits per heavy atom. The molecule has 0 saturated carbocycles. The largest absolute Gasteiger partial charge is 0.315 e. The van der Waals surface area contributed by atoms with E-state index < -0.39 is 0 Å². The summed E-state index contributed by atoms with van der Waals surface area (Å²) in [6, 6.07) is 10.1. The van der Waals surface area contributed by atoms with Gasteiger partial charge in [0.15, 0.2) is 5.13 Å². The Labute approximate surface area is 162 Å². The van der Waals surface area contributed by atoms with Gasteiger partial charge in [-0.3, -0.25) is 9.48 Å². The predicted molar refractivity (Wildman–Crippen MR) is 106 cm³/mol. The summed E-state index contributed by atoms with van der Waals surface area (Å²) >= 11 is 1.49. The number of halogens is 1. The highest BCUT2D eigenvalue weighted by Gasteiger charge is 2.35. The van der Waals surface area contributed by atoms with Crippen LogP contribution in [0.4, 0.5) is 5.13 Å². The van der Waals surface area contributed by atoms with Crippen LogP contribution in [0, 0.1) is 5.92 Å². The highest BCUT2D eigenvalue weighted by atomic mass is 35.5. The maximum atomic E-state index is 12.7.